The van der Waals surface area contributed by atoms with Crippen molar-refractivity contribution in [1.29, 1.82) is 0 Å². The Balaban J connectivity index is 2.14. The number of rotatable bonds is 10. The topological polar surface area (TPSA) is 21.3 Å². The van der Waals surface area contributed by atoms with E-state index in [2.05, 4.69) is 37.9 Å². The van der Waals surface area contributed by atoms with Crippen LogP contribution in [0.5, 0.6) is 5.75 Å². The van der Waals surface area contributed by atoms with Gasteiger partial charge >= 0.3 is 0 Å². The molecule has 1 N–H and O–H groups in total. The molecular weight excluding hydrogens is 234 g/mol. The zero-order chi connectivity index (χ0) is 13.9. The van der Waals surface area contributed by atoms with Gasteiger partial charge in [-0.1, -0.05) is 51.5 Å². The fourth-order valence-electron chi connectivity index (χ4n) is 1.89. The lowest BCUT2D eigenvalue weighted by atomic mass is 10.1. The monoisotopic (exact) mass is 261 g/mol. The van der Waals surface area contributed by atoms with Crippen LogP contribution in [-0.2, 0) is 6.54 Å². The first-order valence-corrected chi connectivity index (χ1v) is 7.25. The van der Waals surface area contributed by atoms with Crippen LogP contribution in [-0.4, -0.2) is 13.2 Å². The molecule has 0 radical (unpaired) electrons. The highest BCUT2D eigenvalue weighted by molar-refractivity contribution is 5.27. The van der Waals surface area contributed by atoms with E-state index in [0.29, 0.717) is 6.61 Å². The SMILES string of the molecule is C=CCOc1ccc(CNCCCCC(C)C)cc1. The first-order valence-electron chi connectivity index (χ1n) is 7.25. The summed E-state index contributed by atoms with van der Waals surface area (Å²) < 4.78 is 5.45. The van der Waals surface area contributed by atoms with Crippen LogP contribution in [0.3, 0.4) is 0 Å². The lowest BCUT2D eigenvalue weighted by Crippen LogP contribution is -2.14. The maximum absolute atomic E-state index is 5.45. The molecule has 2 heteroatoms. The lowest BCUT2D eigenvalue weighted by molar-refractivity contribution is 0.363. The summed E-state index contributed by atoms with van der Waals surface area (Å²) in [6.07, 6.45) is 5.67. The van der Waals surface area contributed by atoms with Gasteiger partial charge in [0, 0.05) is 6.54 Å². The van der Waals surface area contributed by atoms with E-state index in [1.807, 2.05) is 12.1 Å². The van der Waals surface area contributed by atoms with Gasteiger partial charge in [0.05, 0.1) is 0 Å². The molecule has 0 saturated heterocycles. The molecule has 0 aliphatic carbocycles. The van der Waals surface area contributed by atoms with Gasteiger partial charge in [-0.3, -0.25) is 0 Å². The molecule has 1 rings (SSSR count). The third-order valence-corrected chi connectivity index (χ3v) is 3.01. The van der Waals surface area contributed by atoms with Crippen LogP contribution < -0.4 is 10.1 Å². The molecule has 0 bridgehead atoms. The molecule has 106 valence electrons. The van der Waals surface area contributed by atoms with E-state index in [1.54, 1.807) is 6.08 Å². The van der Waals surface area contributed by atoms with Gasteiger partial charge in [-0.2, -0.15) is 0 Å². The fraction of sp³-hybridized carbons (Fsp3) is 0.529. The first kappa shape index (κ1) is 15.8. The second-order valence-electron chi connectivity index (χ2n) is 5.31. The van der Waals surface area contributed by atoms with Crippen molar-refractivity contribution in [3.63, 3.8) is 0 Å². The van der Waals surface area contributed by atoms with Crippen LogP contribution in [0.15, 0.2) is 36.9 Å². The highest BCUT2D eigenvalue weighted by Gasteiger charge is 1.96. The molecule has 0 aliphatic heterocycles. The molecule has 0 saturated carbocycles. The van der Waals surface area contributed by atoms with Crippen molar-refractivity contribution in [3.05, 3.63) is 42.5 Å². The molecule has 0 fully saturated rings. The lowest BCUT2D eigenvalue weighted by Gasteiger charge is -2.07. The second kappa shape index (κ2) is 9.62. The zero-order valence-corrected chi connectivity index (χ0v) is 12.3. The molecule has 19 heavy (non-hydrogen) atoms. The third kappa shape index (κ3) is 7.68. The average molecular weight is 261 g/mol. The molecular formula is C17H27NO. The Morgan fingerprint density at radius 3 is 2.58 bits per heavy atom. The molecule has 0 heterocycles. The minimum Gasteiger partial charge on any atom is -0.490 e. The van der Waals surface area contributed by atoms with E-state index >= 15 is 0 Å². The van der Waals surface area contributed by atoms with Crippen molar-refractivity contribution < 1.29 is 4.74 Å². The Morgan fingerprint density at radius 2 is 1.95 bits per heavy atom. The maximum atomic E-state index is 5.45. The standard InChI is InChI=1S/C17H27NO/c1-4-13-19-17-10-8-16(9-11-17)14-18-12-6-5-7-15(2)3/h4,8-11,15,18H,1,5-7,12-14H2,2-3H3. The molecule has 0 unspecified atom stereocenters. The number of ether oxygens (including phenoxy) is 1. The number of nitrogens with one attached hydrogen (secondary N) is 1. The average Bonchev–Trinajstić information content (AvgIpc) is 2.41. The first-order chi connectivity index (χ1) is 9.22. The summed E-state index contributed by atoms with van der Waals surface area (Å²) in [4.78, 5) is 0. The number of hydrogen-bond donors (Lipinski definition) is 1. The zero-order valence-electron chi connectivity index (χ0n) is 12.3. The van der Waals surface area contributed by atoms with Gasteiger partial charge in [0.15, 0.2) is 0 Å². The molecule has 0 amide bonds. The summed E-state index contributed by atoms with van der Waals surface area (Å²) in [6, 6.07) is 8.25. The van der Waals surface area contributed by atoms with E-state index < -0.39 is 0 Å². The smallest absolute Gasteiger partial charge is 0.119 e. The Labute approximate surface area is 117 Å². The van der Waals surface area contributed by atoms with E-state index in [4.69, 9.17) is 4.74 Å². The van der Waals surface area contributed by atoms with Crippen molar-refractivity contribution in [1.82, 2.24) is 5.32 Å². The van der Waals surface area contributed by atoms with Gasteiger partial charge in [-0.25, -0.2) is 0 Å². The minimum absolute atomic E-state index is 0.563. The summed E-state index contributed by atoms with van der Waals surface area (Å²) in [5, 5.41) is 3.48. The van der Waals surface area contributed by atoms with Gasteiger partial charge in [-0.05, 0) is 36.6 Å². The molecule has 0 atom stereocenters. The molecule has 0 aliphatic rings. The van der Waals surface area contributed by atoms with Gasteiger partial charge in [0.25, 0.3) is 0 Å². The predicted octanol–water partition coefficient (Wildman–Crippen LogP) is 4.17. The molecule has 1 aromatic rings. The van der Waals surface area contributed by atoms with Crippen LogP contribution in [0.4, 0.5) is 0 Å². The van der Waals surface area contributed by atoms with Crippen molar-refractivity contribution >= 4 is 0 Å². The normalized spacial score (nSPS) is 10.7. The van der Waals surface area contributed by atoms with Gasteiger partial charge in [0.2, 0.25) is 0 Å². The number of benzene rings is 1. The number of unbranched alkanes of at least 4 members (excludes halogenated alkanes) is 1. The van der Waals surface area contributed by atoms with Crippen molar-refractivity contribution in [2.24, 2.45) is 5.92 Å². The van der Waals surface area contributed by atoms with Crippen LogP contribution in [0.2, 0.25) is 0 Å². The molecule has 2 nitrogen and oxygen atoms in total. The van der Waals surface area contributed by atoms with Crippen LogP contribution >= 0.6 is 0 Å². The van der Waals surface area contributed by atoms with Crippen LogP contribution in [0.25, 0.3) is 0 Å². The Morgan fingerprint density at radius 1 is 1.21 bits per heavy atom. The largest absolute Gasteiger partial charge is 0.490 e. The van der Waals surface area contributed by atoms with Gasteiger partial charge in [0.1, 0.15) is 12.4 Å². The predicted molar refractivity (Wildman–Crippen MR) is 82.5 cm³/mol. The molecule has 0 spiro atoms. The third-order valence-electron chi connectivity index (χ3n) is 3.01. The maximum Gasteiger partial charge on any atom is 0.119 e. The minimum atomic E-state index is 0.563. The Hall–Kier alpha value is -1.28. The summed E-state index contributed by atoms with van der Waals surface area (Å²) in [6.45, 7) is 10.8. The van der Waals surface area contributed by atoms with Gasteiger partial charge < -0.3 is 10.1 Å². The Kier molecular flexibility index (Phi) is 7.99. The van der Waals surface area contributed by atoms with Crippen LogP contribution in [0, 0.1) is 5.92 Å². The van der Waals surface area contributed by atoms with Crippen molar-refractivity contribution in [2.75, 3.05) is 13.2 Å². The van der Waals surface area contributed by atoms with Gasteiger partial charge in [-0.15, -0.1) is 0 Å². The fourth-order valence-corrected chi connectivity index (χ4v) is 1.89. The van der Waals surface area contributed by atoms with Crippen LogP contribution in [0.1, 0.15) is 38.7 Å². The van der Waals surface area contributed by atoms with E-state index in [9.17, 15) is 0 Å². The second-order valence-corrected chi connectivity index (χ2v) is 5.31. The van der Waals surface area contributed by atoms with E-state index in [1.165, 1.54) is 24.8 Å². The summed E-state index contributed by atoms with van der Waals surface area (Å²) in [5.74, 6) is 1.73. The highest BCUT2D eigenvalue weighted by atomic mass is 16.5. The summed E-state index contributed by atoms with van der Waals surface area (Å²) in [7, 11) is 0. The number of hydrogen-bond acceptors (Lipinski definition) is 2. The Bertz CT molecular complexity index is 343. The van der Waals surface area contributed by atoms with E-state index in [0.717, 1.165) is 24.8 Å². The van der Waals surface area contributed by atoms with E-state index in [-0.39, 0.29) is 0 Å². The highest BCUT2D eigenvalue weighted by Crippen LogP contribution is 2.12. The van der Waals surface area contributed by atoms with Crippen molar-refractivity contribution in [2.45, 2.75) is 39.7 Å². The molecule has 1 aromatic carbocycles. The molecule has 0 aromatic heterocycles. The quantitative estimate of drug-likeness (QED) is 0.504. The summed E-state index contributed by atoms with van der Waals surface area (Å²) >= 11 is 0. The summed E-state index contributed by atoms with van der Waals surface area (Å²) in [5.41, 5.74) is 1.30. The van der Waals surface area contributed by atoms with Crippen molar-refractivity contribution in [3.8, 4) is 5.75 Å².